The number of methoxy groups -OCH3 is 1. The maximum Gasteiger partial charge on any atom is 0.183 e. The second-order valence-corrected chi connectivity index (χ2v) is 5.99. The van der Waals surface area contributed by atoms with Gasteiger partial charge in [0.05, 0.1) is 27.9 Å². The van der Waals surface area contributed by atoms with Gasteiger partial charge in [-0.05, 0) is 13.3 Å². The highest BCUT2D eigenvalue weighted by Gasteiger charge is 2.14. The van der Waals surface area contributed by atoms with Gasteiger partial charge in [0.15, 0.2) is 5.13 Å². The molecule has 0 aliphatic carbocycles. The van der Waals surface area contributed by atoms with Crippen molar-refractivity contribution in [3.05, 3.63) is 16.1 Å². The van der Waals surface area contributed by atoms with E-state index in [-0.39, 0.29) is 0 Å². The average Bonchev–Trinajstić information content (AvgIpc) is 3.02. The Hall–Kier alpha value is -0.980. The molecule has 4 nitrogen and oxygen atoms in total. The van der Waals surface area contributed by atoms with Gasteiger partial charge < -0.3 is 10.1 Å². The fourth-order valence-corrected chi connectivity index (χ4v) is 3.69. The van der Waals surface area contributed by atoms with Gasteiger partial charge in [0.25, 0.3) is 0 Å². The normalized spacial score (nSPS) is 10.9. The zero-order chi connectivity index (χ0) is 13.7. The van der Waals surface area contributed by atoms with Crippen LogP contribution in [0.4, 0.5) is 5.13 Å². The molecule has 6 heteroatoms. The third kappa shape index (κ3) is 3.52. The van der Waals surface area contributed by atoms with Gasteiger partial charge in [-0.3, -0.25) is 0 Å². The molecule has 0 aliphatic rings. The van der Waals surface area contributed by atoms with Crippen LogP contribution in [0.3, 0.4) is 0 Å². The predicted octanol–water partition coefficient (Wildman–Crippen LogP) is 3.45. The van der Waals surface area contributed by atoms with E-state index in [1.807, 2.05) is 0 Å². The molecular weight excluding hydrogens is 278 g/mol. The van der Waals surface area contributed by atoms with E-state index in [1.54, 1.807) is 29.8 Å². The van der Waals surface area contributed by atoms with E-state index in [0.717, 1.165) is 47.5 Å². The van der Waals surface area contributed by atoms with E-state index in [0.29, 0.717) is 0 Å². The largest absolute Gasteiger partial charge is 0.384 e. The van der Waals surface area contributed by atoms with Crippen LogP contribution in [0.1, 0.15) is 24.5 Å². The Bertz CT molecular complexity index is 522. The van der Waals surface area contributed by atoms with Gasteiger partial charge in [-0.2, -0.15) is 0 Å². The van der Waals surface area contributed by atoms with E-state index in [4.69, 9.17) is 4.74 Å². The van der Waals surface area contributed by atoms with Crippen LogP contribution in [0.2, 0.25) is 0 Å². The van der Waals surface area contributed by atoms with Crippen molar-refractivity contribution in [2.24, 2.45) is 0 Å². The molecule has 0 amide bonds. The molecule has 2 heterocycles. The van der Waals surface area contributed by atoms with Crippen LogP contribution in [-0.2, 0) is 17.6 Å². The highest BCUT2D eigenvalue weighted by atomic mass is 32.1. The van der Waals surface area contributed by atoms with Crippen LogP contribution in [0, 0.1) is 0 Å². The van der Waals surface area contributed by atoms with Gasteiger partial charge in [0, 0.05) is 25.5 Å². The third-order valence-electron chi connectivity index (χ3n) is 2.66. The first-order chi connectivity index (χ1) is 9.28. The van der Waals surface area contributed by atoms with Crippen LogP contribution in [0.15, 0.2) is 5.38 Å². The Morgan fingerprint density at radius 2 is 2.16 bits per heavy atom. The summed E-state index contributed by atoms with van der Waals surface area (Å²) in [5, 5.41) is 7.46. The van der Waals surface area contributed by atoms with Crippen molar-refractivity contribution in [2.45, 2.75) is 26.7 Å². The lowest BCUT2D eigenvalue weighted by molar-refractivity contribution is 0.202. The monoisotopic (exact) mass is 297 g/mol. The summed E-state index contributed by atoms with van der Waals surface area (Å²) in [4.78, 5) is 10.5. The summed E-state index contributed by atoms with van der Waals surface area (Å²) < 4.78 is 5.11. The highest BCUT2D eigenvalue weighted by molar-refractivity contribution is 7.16. The molecule has 0 fully saturated rings. The number of hydrogen-bond acceptors (Lipinski definition) is 6. The summed E-state index contributed by atoms with van der Waals surface area (Å²) in [6.07, 6.45) is 1.81. The molecule has 0 aromatic carbocycles. The molecule has 19 heavy (non-hydrogen) atoms. The van der Waals surface area contributed by atoms with Crippen molar-refractivity contribution in [3.8, 4) is 10.6 Å². The molecule has 0 saturated carbocycles. The predicted molar refractivity (Wildman–Crippen MR) is 82.3 cm³/mol. The first kappa shape index (κ1) is 14.4. The molecule has 0 aliphatic heterocycles. The third-order valence-corrected chi connectivity index (χ3v) is 4.64. The lowest BCUT2D eigenvalue weighted by atomic mass is 10.2. The fraction of sp³-hybridized carbons (Fsp3) is 0.538. The maximum absolute atomic E-state index is 5.11. The van der Waals surface area contributed by atoms with E-state index in [1.165, 1.54) is 4.88 Å². The number of nitrogens with one attached hydrogen (secondary N) is 1. The lowest BCUT2D eigenvalue weighted by Gasteiger charge is -1.95. The van der Waals surface area contributed by atoms with Crippen LogP contribution in [-0.4, -0.2) is 30.2 Å². The summed E-state index contributed by atoms with van der Waals surface area (Å²) in [5.41, 5.74) is 2.18. The first-order valence-electron chi connectivity index (χ1n) is 6.45. The number of ether oxygens (including phenoxy) is 1. The molecule has 0 bridgehead atoms. The van der Waals surface area contributed by atoms with E-state index >= 15 is 0 Å². The second kappa shape index (κ2) is 6.98. The van der Waals surface area contributed by atoms with Gasteiger partial charge in [-0.15, -0.1) is 22.7 Å². The van der Waals surface area contributed by atoms with Crippen LogP contribution in [0.25, 0.3) is 10.6 Å². The zero-order valence-electron chi connectivity index (χ0n) is 11.5. The summed E-state index contributed by atoms with van der Waals surface area (Å²) in [5.74, 6) is 0. The van der Waals surface area contributed by atoms with Crippen LogP contribution < -0.4 is 5.32 Å². The molecule has 0 spiro atoms. The average molecular weight is 297 g/mol. The van der Waals surface area contributed by atoms with Crippen molar-refractivity contribution in [2.75, 3.05) is 25.6 Å². The highest BCUT2D eigenvalue weighted by Crippen LogP contribution is 2.33. The Balaban J connectivity index is 2.23. The van der Waals surface area contributed by atoms with Crippen molar-refractivity contribution in [3.63, 3.8) is 0 Å². The van der Waals surface area contributed by atoms with Gasteiger partial charge in [0.2, 0.25) is 0 Å². The van der Waals surface area contributed by atoms with Gasteiger partial charge in [0.1, 0.15) is 0 Å². The Kier molecular flexibility index (Phi) is 5.30. The van der Waals surface area contributed by atoms with Gasteiger partial charge in [-0.25, -0.2) is 9.97 Å². The SMILES string of the molecule is CCNc1nc(-c2sc(CCOC)nc2CC)cs1. The summed E-state index contributed by atoms with van der Waals surface area (Å²) in [7, 11) is 1.72. The van der Waals surface area contributed by atoms with Gasteiger partial charge >= 0.3 is 0 Å². The van der Waals surface area contributed by atoms with Crippen LogP contribution in [0.5, 0.6) is 0 Å². The lowest BCUT2D eigenvalue weighted by Crippen LogP contribution is -1.95. The number of hydrogen-bond donors (Lipinski definition) is 1. The number of aryl methyl sites for hydroxylation is 1. The van der Waals surface area contributed by atoms with Crippen molar-refractivity contribution < 1.29 is 4.74 Å². The van der Waals surface area contributed by atoms with Gasteiger partial charge in [-0.1, -0.05) is 6.92 Å². The minimum atomic E-state index is 0.718. The molecule has 1 N–H and O–H groups in total. The number of anilines is 1. The smallest absolute Gasteiger partial charge is 0.183 e. The second-order valence-electron chi connectivity index (χ2n) is 4.05. The topological polar surface area (TPSA) is 47.0 Å². The van der Waals surface area contributed by atoms with Crippen molar-refractivity contribution in [1.82, 2.24) is 9.97 Å². The number of thiazole rings is 2. The van der Waals surface area contributed by atoms with E-state index < -0.39 is 0 Å². The Morgan fingerprint density at radius 3 is 2.84 bits per heavy atom. The molecule has 0 radical (unpaired) electrons. The molecule has 2 rings (SSSR count). The molecule has 2 aromatic heterocycles. The standard InChI is InChI=1S/C13H19N3OS2/c1-4-9-12(19-11(15-9)6-7-17-3)10-8-18-13(16-10)14-5-2/h8H,4-7H2,1-3H3,(H,14,16). The minimum Gasteiger partial charge on any atom is -0.384 e. The van der Waals surface area contributed by atoms with Crippen LogP contribution >= 0.6 is 22.7 Å². The van der Waals surface area contributed by atoms with E-state index in [9.17, 15) is 0 Å². The molecule has 0 unspecified atom stereocenters. The molecule has 0 atom stereocenters. The zero-order valence-corrected chi connectivity index (χ0v) is 13.2. The minimum absolute atomic E-state index is 0.718. The maximum atomic E-state index is 5.11. The molecule has 2 aromatic rings. The molecule has 104 valence electrons. The Labute approximate surface area is 121 Å². The summed E-state index contributed by atoms with van der Waals surface area (Å²) >= 11 is 3.38. The summed E-state index contributed by atoms with van der Waals surface area (Å²) in [6, 6.07) is 0. The van der Waals surface area contributed by atoms with Crippen molar-refractivity contribution >= 4 is 27.8 Å². The molecule has 0 saturated heterocycles. The summed E-state index contributed by atoms with van der Waals surface area (Å²) in [6.45, 7) is 5.83. The van der Waals surface area contributed by atoms with E-state index in [2.05, 4.69) is 34.5 Å². The first-order valence-corrected chi connectivity index (χ1v) is 8.15. The van der Waals surface area contributed by atoms with Crippen molar-refractivity contribution in [1.29, 1.82) is 0 Å². The fourth-order valence-electron chi connectivity index (χ4n) is 1.75. The Morgan fingerprint density at radius 1 is 1.32 bits per heavy atom. The number of aromatic nitrogens is 2. The number of rotatable bonds is 7. The quantitative estimate of drug-likeness (QED) is 0.850. The number of nitrogens with zero attached hydrogens (tertiary/aromatic N) is 2. The molecular formula is C13H19N3OS2.